The van der Waals surface area contributed by atoms with E-state index in [9.17, 15) is 8.42 Å². The summed E-state index contributed by atoms with van der Waals surface area (Å²) in [5.41, 5.74) is 0. The van der Waals surface area contributed by atoms with E-state index in [-0.39, 0.29) is 24.0 Å². The fraction of sp³-hybridized carbons (Fsp3) is 0.938. The van der Waals surface area contributed by atoms with Crippen molar-refractivity contribution in [2.24, 2.45) is 16.8 Å². The van der Waals surface area contributed by atoms with Crippen molar-refractivity contribution in [3.63, 3.8) is 0 Å². The lowest BCUT2D eigenvalue weighted by Gasteiger charge is -2.37. The highest BCUT2D eigenvalue weighted by molar-refractivity contribution is 14.0. The number of hydrogen-bond donors (Lipinski definition) is 1. The molecule has 8 heteroatoms. The minimum Gasteiger partial charge on any atom is -0.357 e. The molecule has 0 aromatic rings. The molecule has 144 valence electrons. The van der Waals surface area contributed by atoms with E-state index in [1.54, 1.807) is 0 Å². The molecule has 0 spiro atoms. The van der Waals surface area contributed by atoms with Crippen LogP contribution in [0.4, 0.5) is 0 Å². The number of sulfonamides is 1. The second-order valence-corrected chi connectivity index (χ2v) is 8.68. The normalized spacial score (nSPS) is 22.4. The number of nitrogens with zero attached hydrogens (tertiary/aromatic N) is 3. The lowest BCUT2D eigenvalue weighted by Crippen LogP contribution is -2.48. The molecule has 1 rings (SSSR count). The van der Waals surface area contributed by atoms with Crippen molar-refractivity contribution >= 4 is 40.0 Å². The molecule has 1 aliphatic heterocycles. The molecule has 1 heterocycles. The maximum atomic E-state index is 11.6. The number of aliphatic imine (C=N–C) groups is 1. The highest BCUT2D eigenvalue weighted by atomic mass is 127. The zero-order valence-corrected chi connectivity index (χ0v) is 18.9. The molecule has 0 saturated carbocycles. The van der Waals surface area contributed by atoms with Gasteiger partial charge in [0.05, 0.1) is 6.26 Å². The van der Waals surface area contributed by atoms with E-state index in [4.69, 9.17) is 4.99 Å². The lowest BCUT2D eigenvalue weighted by atomic mass is 9.92. The first-order valence-corrected chi connectivity index (χ1v) is 10.6. The molecule has 0 aliphatic carbocycles. The highest BCUT2D eigenvalue weighted by Crippen LogP contribution is 2.20. The quantitative estimate of drug-likeness (QED) is 0.266. The maximum absolute atomic E-state index is 11.6. The largest absolute Gasteiger partial charge is 0.357 e. The van der Waals surface area contributed by atoms with E-state index in [2.05, 4.69) is 31.0 Å². The van der Waals surface area contributed by atoms with Gasteiger partial charge < -0.3 is 10.2 Å². The van der Waals surface area contributed by atoms with Gasteiger partial charge in [-0.05, 0) is 31.6 Å². The Morgan fingerprint density at radius 3 is 2.29 bits per heavy atom. The fourth-order valence-electron chi connectivity index (χ4n) is 3.25. The third-order valence-corrected chi connectivity index (χ3v) is 5.53. The van der Waals surface area contributed by atoms with Crippen LogP contribution >= 0.6 is 24.0 Å². The molecular weight excluding hydrogens is 439 g/mol. The standard InChI is InChI=1S/C16H34N4O2S.HI/c1-6-17-16(19-12-14(3)11-15(4)13-19)18-9-8-10-20(7-2)23(5,21)22;/h14-15H,6-13H2,1-5H3,(H,17,18);1H. The van der Waals surface area contributed by atoms with Gasteiger partial charge >= 0.3 is 0 Å². The van der Waals surface area contributed by atoms with Crippen molar-refractivity contribution in [3.05, 3.63) is 0 Å². The highest BCUT2D eigenvalue weighted by Gasteiger charge is 2.23. The number of piperidine rings is 1. The Morgan fingerprint density at radius 1 is 1.25 bits per heavy atom. The summed E-state index contributed by atoms with van der Waals surface area (Å²) in [7, 11) is -3.10. The predicted octanol–water partition coefficient (Wildman–Crippen LogP) is 2.22. The van der Waals surface area contributed by atoms with Gasteiger partial charge in [-0.15, -0.1) is 24.0 Å². The van der Waals surface area contributed by atoms with Gasteiger partial charge in [0.1, 0.15) is 0 Å². The SMILES string of the molecule is CCNC(=NCCCN(CC)S(C)(=O)=O)N1CC(C)CC(C)C1.I. The number of likely N-dealkylation sites (tertiary alicyclic amines) is 1. The van der Waals surface area contributed by atoms with Crippen molar-refractivity contribution in [3.8, 4) is 0 Å². The van der Waals surface area contributed by atoms with E-state index in [0.717, 1.165) is 32.0 Å². The minimum atomic E-state index is -3.10. The zero-order chi connectivity index (χ0) is 17.5. The lowest BCUT2D eigenvalue weighted by molar-refractivity contribution is 0.208. The first-order valence-electron chi connectivity index (χ1n) is 8.76. The first kappa shape index (κ1) is 23.9. The van der Waals surface area contributed by atoms with Gasteiger partial charge in [-0.3, -0.25) is 4.99 Å². The van der Waals surface area contributed by atoms with Crippen LogP contribution in [0.2, 0.25) is 0 Å². The van der Waals surface area contributed by atoms with E-state index in [1.807, 2.05) is 6.92 Å². The van der Waals surface area contributed by atoms with Crippen LogP contribution in [0.1, 0.15) is 40.5 Å². The number of rotatable bonds is 7. The molecule has 1 saturated heterocycles. The first-order chi connectivity index (χ1) is 10.8. The predicted molar refractivity (Wildman–Crippen MR) is 113 cm³/mol. The summed E-state index contributed by atoms with van der Waals surface area (Å²) in [5.74, 6) is 2.33. The van der Waals surface area contributed by atoms with E-state index in [1.165, 1.54) is 17.0 Å². The van der Waals surface area contributed by atoms with Crippen molar-refractivity contribution in [1.29, 1.82) is 0 Å². The van der Waals surface area contributed by atoms with Crippen LogP contribution in [0, 0.1) is 11.8 Å². The third-order valence-electron chi connectivity index (χ3n) is 4.15. The number of hydrogen-bond acceptors (Lipinski definition) is 3. The van der Waals surface area contributed by atoms with Crippen LogP contribution < -0.4 is 5.32 Å². The summed E-state index contributed by atoms with van der Waals surface area (Å²) in [6, 6.07) is 0. The molecule has 0 amide bonds. The second-order valence-electron chi connectivity index (χ2n) is 6.69. The Kier molecular flexibility index (Phi) is 11.5. The van der Waals surface area contributed by atoms with Gasteiger partial charge in [-0.1, -0.05) is 20.8 Å². The summed E-state index contributed by atoms with van der Waals surface area (Å²) >= 11 is 0. The molecule has 0 bridgehead atoms. The Bertz CT molecular complexity index is 474. The monoisotopic (exact) mass is 474 g/mol. The molecule has 0 radical (unpaired) electrons. The van der Waals surface area contributed by atoms with Crippen molar-refractivity contribution in [2.45, 2.75) is 40.5 Å². The molecule has 2 unspecified atom stereocenters. The number of nitrogens with one attached hydrogen (secondary N) is 1. The topological polar surface area (TPSA) is 65.0 Å². The zero-order valence-electron chi connectivity index (χ0n) is 15.8. The summed E-state index contributed by atoms with van der Waals surface area (Å²) < 4.78 is 24.7. The Morgan fingerprint density at radius 2 is 1.83 bits per heavy atom. The molecule has 0 aromatic heterocycles. The Labute approximate surface area is 165 Å². The van der Waals surface area contributed by atoms with E-state index in [0.29, 0.717) is 31.5 Å². The summed E-state index contributed by atoms with van der Waals surface area (Å²) in [6.45, 7) is 13.2. The van der Waals surface area contributed by atoms with Crippen LogP contribution in [0.25, 0.3) is 0 Å². The molecule has 0 aromatic carbocycles. The van der Waals surface area contributed by atoms with E-state index < -0.39 is 10.0 Å². The van der Waals surface area contributed by atoms with Crippen LogP contribution in [-0.4, -0.2) is 69.1 Å². The van der Waals surface area contributed by atoms with Crippen molar-refractivity contribution in [1.82, 2.24) is 14.5 Å². The molecule has 1 N–H and O–H groups in total. The average Bonchev–Trinajstić information content (AvgIpc) is 2.43. The third kappa shape index (κ3) is 8.33. The van der Waals surface area contributed by atoms with Crippen molar-refractivity contribution < 1.29 is 8.42 Å². The van der Waals surface area contributed by atoms with E-state index >= 15 is 0 Å². The average molecular weight is 474 g/mol. The van der Waals surface area contributed by atoms with Gasteiger partial charge in [-0.2, -0.15) is 0 Å². The molecular formula is C16H35IN4O2S. The molecule has 1 fully saturated rings. The van der Waals surface area contributed by atoms with Crippen LogP contribution in [-0.2, 0) is 10.0 Å². The molecule has 6 nitrogen and oxygen atoms in total. The smallest absolute Gasteiger partial charge is 0.211 e. The van der Waals surface area contributed by atoms with Crippen LogP contribution in [0.15, 0.2) is 4.99 Å². The maximum Gasteiger partial charge on any atom is 0.211 e. The molecule has 2 atom stereocenters. The summed E-state index contributed by atoms with van der Waals surface area (Å²) in [4.78, 5) is 7.05. The van der Waals surface area contributed by atoms with Gasteiger partial charge in [0, 0.05) is 39.3 Å². The van der Waals surface area contributed by atoms with Crippen LogP contribution in [0.3, 0.4) is 0 Å². The van der Waals surface area contributed by atoms with Gasteiger partial charge in [0.2, 0.25) is 10.0 Å². The second kappa shape index (κ2) is 11.5. The summed E-state index contributed by atoms with van der Waals surface area (Å²) in [6.07, 6.45) is 3.28. The fourth-order valence-corrected chi connectivity index (χ4v) is 4.18. The molecule has 1 aliphatic rings. The Hall–Kier alpha value is -0.0900. The van der Waals surface area contributed by atoms with Crippen molar-refractivity contribution in [2.75, 3.05) is 45.5 Å². The Balaban J connectivity index is 0.00000529. The molecule has 24 heavy (non-hydrogen) atoms. The number of guanidine groups is 1. The van der Waals surface area contributed by atoms with Gasteiger partial charge in [0.25, 0.3) is 0 Å². The van der Waals surface area contributed by atoms with Gasteiger partial charge in [0.15, 0.2) is 5.96 Å². The summed E-state index contributed by atoms with van der Waals surface area (Å²) in [5, 5.41) is 3.37. The van der Waals surface area contributed by atoms with Gasteiger partial charge in [-0.25, -0.2) is 12.7 Å². The number of halogens is 1. The van der Waals surface area contributed by atoms with Crippen LogP contribution in [0.5, 0.6) is 0 Å². The minimum absolute atomic E-state index is 0.